The van der Waals surface area contributed by atoms with E-state index in [9.17, 15) is 4.79 Å². The second-order valence-electron chi connectivity index (χ2n) is 5.46. The lowest BCUT2D eigenvalue weighted by Gasteiger charge is -2.06. The number of amides is 1. The second kappa shape index (κ2) is 7.53. The number of hydrogen-bond acceptors (Lipinski definition) is 5. The molecule has 6 nitrogen and oxygen atoms in total. The Labute approximate surface area is 145 Å². The van der Waals surface area contributed by atoms with Gasteiger partial charge in [-0.15, -0.1) is 0 Å². The first-order valence-electron chi connectivity index (χ1n) is 7.86. The Bertz CT molecular complexity index is 865. The van der Waals surface area contributed by atoms with Gasteiger partial charge in [0.05, 0.1) is 13.7 Å². The summed E-state index contributed by atoms with van der Waals surface area (Å²) in [5, 5.41) is 8.11. The highest BCUT2D eigenvalue weighted by atomic mass is 16.5. The van der Waals surface area contributed by atoms with Crippen molar-refractivity contribution in [2.75, 3.05) is 19.0 Å². The fraction of sp³-hybridized carbons (Fsp3) is 0.158. The number of hydrazone groups is 1. The van der Waals surface area contributed by atoms with Crippen molar-refractivity contribution in [2.45, 2.75) is 6.92 Å². The molecule has 0 unspecified atom stereocenters. The van der Waals surface area contributed by atoms with Crippen molar-refractivity contribution in [3.8, 4) is 5.75 Å². The summed E-state index contributed by atoms with van der Waals surface area (Å²) >= 11 is 0. The van der Waals surface area contributed by atoms with E-state index < -0.39 is 0 Å². The van der Waals surface area contributed by atoms with Crippen LogP contribution in [0, 0.1) is 0 Å². The quantitative estimate of drug-likeness (QED) is 0.534. The number of ether oxygens (including phenoxy) is 1. The van der Waals surface area contributed by atoms with Crippen molar-refractivity contribution < 1.29 is 13.9 Å². The van der Waals surface area contributed by atoms with Crippen LogP contribution in [0.4, 0.5) is 5.69 Å². The van der Waals surface area contributed by atoms with Crippen molar-refractivity contribution in [2.24, 2.45) is 5.10 Å². The monoisotopic (exact) mass is 337 g/mol. The maximum atomic E-state index is 11.9. The smallest absolute Gasteiger partial charge is 0.259 e. The van der Waals surface area contributed by atoms with Crippen LogP contribution in [0.2, 0.25) is 0 Å². The Morgan fingerprint density at radius 2 is 1.92 bits per heavy atom. The minimum Gasteiger partial charge on any atom is -0.497 e. The summed E-state index contributed by atoms with van der Waals surface area (Å²) in [4.78, 5) is 11.9. The molecule has 0 saturated carbocycles. The zero-order valence-electron chi connectivity index (χ0n) is 14.1. The summed E-state index contributed by atoms with van der Waals surface area (Å²) in [7, 11) is 1.61. The molecule has 0 aliphatic carbocycles. The van der Waals surface area contributed by atoms with Crippen molar-refractivity contribution in [3.05, 3.63) is 60.4 Å². The zero-order chi connectivity index (χ0) is 17.6. The molecule has 3 rings (SSSR count). The third-order valence-electron chi connectivity index (χ3n) is 3.67. The number of para-hydroxylation sites is 1. The SMILES string of the molecule is COc1ccc(NCC(=O)NN=C(C)c2cc3ccccc3o2)cc1. The van der Waals surface area contributed by atoms with E-state index in [0.717, 1.165) is 22.4 Å². The van der Waals surface area contributed by atoms with Gasteiger partial charge in [-0.05, 0) is 43.3 Å². The topological polar surface area (TPSA) is 75.9 Å². The molecule has 128 valence electrons. The Hall–Kier alpha value is -3.28. The average molecular weight is 337 g/mol. The van der Waals surface area contributed by atoms with E-state index in [0.29, 0.717) is 11.5 Å². The van der Waals surface area contributed by atoms with Crippen LogP contribution in [0.1, 0.15) is 12.7 Å². The van der Waals surface area contributed by atoms with E-state index in [-0.39, 0.29) is 12.5 Å². The van der Waals surface area contributed by atoms with Gasteiger partial charge >= 0.3 is 0 Å². The fourth-order valence-electron chi connectivity index (χ4n) is 2.29. The molecule has 0 radical (unpaired) electrons. The normalized spacial score (nSPS) is 11.4. The van der Waals surface area contributed by atoms with Gasteiger partial charge in [0.1, 0.15) is 17.0 Å². The van der Waals surface area contributed by atoms with Crippen molar-refractivity contribution in [3.63, 3.8) is 0 Å². The van der Waals surface area contributed by atoms with Crippen LogP contribution in [0.3, 0.4) is 0 Å². The number of methoxy groups -OCH3 is 1. The van der Waals surface area contributed by atoms with E-state index in [2.05, 4.69) is 15.8 Å². The van der Waals surface area contributed by atoms with Crippen LogP contribution in [0.25, 0.3) is 11.0 Å². The molecule has 25 heavy (non-hydrogen) atoms. The van der Waals surface area contributed by atoms with E-state index in [1.807, 2.05) is 54.6 Å². The number of carbonyl (C=O) groups is 1. The molecule has 2 aromatic carbocycles. The largest absolute Gasteiger partial charge is 0.497 e. The Balaban J connectivity index is 1.55. The summed E-state index contributed by atoms with van der Waals surface area (Å²) in [6.07, 6.45) is 0. The lowest BCUT2D eigenvalue weighted by atomic mass is 10.2. The van der Waals surface area contributed by atoms with E-state index >= 15 is 0 Å². The summed E-state index contributed by atoms with van der Waals surface area (Å²) in [5.74, 6) is 1.15. The van der Waals surface area contributed by atoms with Crippen LogP contribution >= 0.6 is 0 Å². The van der Waals surface area contributed by atoms with Gasteiger partial charge in [0.25, 0.3) is 5.91 Å². The molecule has 1 aromatic heterocycles. The van der Waals surface area contributed by atoms with E-state index in [4.69, 9.17) is 9.15 Å². The summed E-state index contributed by atoms with van der Waals surface area (Å²) in [6, 6.07) is 16.9. The van der Waals surface area contributed by atoms with Gasteiger partial charge in [0.15, 0.2) is 5.76 Å². The van der Waals surface area contributed by atoms with Gasteiger partial charge in [-0.3, -0.25) is 4.79 Å². The highest BCUT2D eigenvalue weighted by molar-refractivity contribution is 6.00. The summed E-state index contributed by atoms with van der Waals surface area (Å²) in [5.41, 5.74) is 4.74. The number of hydrogen-bond donors (Lipinski definition) is 2. The third-order valence-corrected chi connectivity index (χ3v) is 3.67. The van der Waals surface area contributed by atoms with Gasteiger partial charge in [0.2, 0.25) is 0 Å². The molecule has 3 aromatic rings. The van der Waals surface area contributed by atoms with E-state index in [1.54, 1.807) is 14.0 Å². The molecule has 0 spiro atoms. The molecular weight excluding hydrogens is 318 g/mol. The maximum Gasteiger partial charge on any atom is 0.259 e. The molecule has 0 fully saturated rings. The van der Waals surface area contributed by atoms with Crippen LogP contribution in [-0.4, -0.2) is 25.3 Å². The predicted octanol–water partition coefficient (Wildman–Crippen LogP) is 3.39. The molecule has 0 atom stereocenters. The number of rotatable bonds is 6. The Morgan fingerprint density at radius 1 is 1.16 bits per heavy atom. The fourth-order valence-corrected chi connectivity index (χ4v) is 2.29. The number of furan rings is 1. The standard InChI is InChI=1S/C19H19N3O3/c1-13(18-11-14-5-3-4-6-17(14)25-18)21-22-19(23)12-20-15-7-9-16(24-2)10-8-15/h3-11,20H,12H2,1-2H3,(H,22,23). The molecule has 1 heterocycles. The average Bonchev–Trinajstić information content (AvgIpc) is 3.09. The van der Waals surface area contributed by atoms with Crippen LogP contribution in [-0.2, 0) is 4.79 Å². The first kappa shape index (κ1) is 16.6. The number of benzene rings is 2. The highest BCUT2D eigenvalue weighted by Gasteiger charge is 2.07. The van der Waals surface area contributed by atoms with Crippen LogP contribution in [0.15, 0.2) is 64.1 Å². The van der Waals surface area contributed by atoms with Gasteiger partial charge in [0, 0.05) is 11.1 Å². The Morgan fingerprint density at radius 3 is 2.64 bits per heavy atom. The molecule has 1 amide bonds. The third kappa shape index (κ3) is 4.17. The van der Waals surface area contributed by atoms with Crippen molar-refractivity contribution >= 4 is 28.3 Å². The number of anilines is 1. The van der Waals surface area contributed by atoms with Gasteiger partial charge in [-0.25, -0.2) is 5.43 Å². The maximum absolute atomic E-state index is 11.9. The molecule has 0 aliphatic heterocycles. The first-order chi connectivity index (χ1) is 12.2. The number of carbonyl (C=O) groups excluding carboxylic acids is 1. The number of fused-ring (bicyclic) bond motifs is 1. The zero-order valence-corrected chi connectivity index (χ0v) is 14.1. The predicted molar refractivity (Wildman–Crippen MR) is 98.1 cm³/mol. The molecular formula is C19H19N3O3. The first-order valence-corrected chi connectivity index (χ1v) is 7.86. The minimum absolute atomic E-state index is 0.114. The lowest BCUT2D eigenvalue weighted by molar-refractivity contribution is -0.119. The lowest BCUT2D eigenvalue weighted by Crippen LogP contribution is -2.26. The van der Waals surface area contributed by atoms with Crippen LogP contribution in [0.5, 0.6) is 5.75 Å². The van der Waals surface area contributed by atoms with Gasteiger partial charge < -0.3 is 14.5 Å². The number of nitrogens with one attached hydrogen (secondary N) is 2. The molecule has 0 saturated heterocycles. The minimum atomic E-state index is -0.244. The summed E-state index contributed by atoms with van der Waals surface area (Å²) in [6.45, 7) is 1.90. The van der Waals surface area contributed by atoms with Gasteiger partial charge in [-0.2, -0.15) is 5.10 Å². The molecule has 6 heteroatoms. The van der Waals surface area contributed by atoms with Gasteiger partial charge in [-0.1, -0.05) is 18.2 Å². The Kier molecular flexibility index (Phi) is 4.99. The number of nitrogens with zero attached hydrogens (tertiary/aromatic N) is 1. The highest BCUT2D eigenvalue weighted by Crippen LogP contribution is 2.19. The van der Waals surface area contributed by atoms with E-state index in [1.165, 1.54) is 0 Å². The van der Waals surface area contributed by atoms with Crippen LogP contribution < -0.4 is 15.5 Å². The van der Waals surface area contributed by atoms with Crippen molar-refractivity contribution in [1.82, 2.24) is 5.43 Å². The van der Waals surface area contributed by atoms with Crippen molar-refractivity contribution in [1.29, 1.82) is 0 Å². The second-order valence-corrected chi connectivity index (χ2v) is 5.46. The molecule has 0 bridgehead atoms. The summed E-state index contributed by atoms with van der Waals surface area (Å²) < 4.78 is 10.8. The molecule has 0 aliphatic rings. The molecule has 2 N–H and O–H groups in total.